The standard InChI is InChI=1S/C8H16N4O2/c1-11-7-9-10-8(11)6-12(2-4-13)3-5-14/h7,13-14H,2-6H2,1H3. The van der Waals surface area contributed by atoms with Gasteiger partial charge in [-0.3, -0.25) is 4.90 Å². The highest BCUT2D eigenvalue weighted by molar-refractivity contribution is 4.84. The van der Waals surface area contributed by atoms with Crippen molar-refractivity contribution in [3.8, 4) is 0 Å². The van der Waals surface area contributed by atoms with Gasteiger partial charge in [0.05, 0.1) is 19.8 Å². The maximum absolute atomic E-state index is 8.80. The zero-order valence-corrected chi connectivity index (χ0v) is 8.30. The largest absolute Gasteiger partial charge is 0.395 e. The van der Waals surface area contributed by atoms with Crippen LogP contribution in [0.4, 0.5) is 0 Å². The lowest BCUT2D eigenvalue weighted by atomic mass is 10.4. The lowest BCUT2D eigenvalue weighted by Crippen LogP contribution is -2.30. The van der Waals surface area contributed by atoms with E-state index in [2.05, 4.69) is 10.2 Å². The maximum Gasteiger partial charge on any atom is 0.146 e. The molecule has 0 fully saturated rings. The van der Waals surface area contributed by atoms with Crippen LogP contribution in [0.2, 0.25) is 0 Å². The fourth-order valence-corrected chi connectivity index (χ4v) is 1.20. The minimum Gasteiger partial charge on any atom is -0.395 e. The molecule has 0 aliphatic carbocycles. The van der Waals surface area contributed by atoms with Crippen LogP contribution in [-0.2, 0) is 13.6 Å². The molecule has 0 unspecified atom stereocenters. The Balaban J connectivity index is 2.50. The summed E-state index contributed by atoms with van der Waals surface area (Å²) >= 11 is 0. The molecule has 0 spiro atoms. The fraction of sp³-hybridized carbons (Fsp3) is 0.750. The van der Waals surface area contributed by atoms with Crippen LogP contribution in [0.3, 0.4) is 0 Å². The van der Waals surface area contributed by atoms with Crippen LogP contribution in [0.5, 0.6) is 0 Å². The summed E-state index contributed by atoms with van der Waals surface area (Å²) in [6.45, 7) is 1.83. The summed E-state index contributed by atoms with van der Waals surface area (Å²) in [6, 6.07) is 0. The van der Waals surface area contributed by atoms with Gasteiger partial charge in [0.2, 0.25) is 0 Å². The van der Waals surface area contributed by atoms with E-state index >= 15 is 0 Å². The van der Waals surface area contributed by atoms with Crippen molar-refractivity contribution in [2.75, 3.05) is 26.3 Å². The van der Waals surface area contributed by atoms with Crippen molar-refractivity contribution >= 4 is 0 Å². The van der Waals surface area contributed by atoms with Crippen LogP contribution in [0.15, 0.2) is 6.33 Å². The molecule has 6 heteroatoms. The smallest absolute Gasteiger partial charge is 0.146 e. The number of rotatable bonds is 6. The number of aliphatic hydroxyl groups excluding tert-OH is 2. The average Bonchev–Trinajstić information content (AvgIpc) is 2.53. The number of aromatic nitrogens is 3. The number of aliphatic hydroxyl groups is 2. The van der Waals surface area contributed by atoms with Gasteiger partial charge in [0, 0.05) is 20.1 Å². The molecule has 0 saturated heterocycles. The molecule has 0 bridgehead atoms. The van der Waals surface area contributed by atoms with Gasteiger partial charge >= 0.3 is 0 Å². The quantitative estimate of drug-likeness (QED) is 0.591. The molecule has 1 heterocycles. The van der Waals surface area contributed by atoms with E-state index in [-0.39, 0.29) is 13.2 Å². The topological polar surface area (TPSA) is 74.4 Å². The van der Waals surface area contributed by atoms with Crippen LogP contribution in [0, 0.1) is 0 Å². The van der Waals surface area contributed by atoms with Gasteiger partial charge in [-0.2, -0.15) is 0 Å². The second-order valence-corrected chi connectivity index (χ2v) is 3.08. The van der Waals surface area contributed by atoms with Crippen molar-refractivity contribution in [2.45, 2.75) is 6.54 Å². The van der Waals surface area contributed by atoms with E-state index in [0.717, 1.165) is 5.82 Å². The van der Waals surface area contributed by atoms with Crippen molar-refractivity contribution in [1.29, 1.82) is 0 Å². The fourth-order valence-electron chi connectivity index (χ4n) is 1.20. The predicted octanol–water partition coefficient (Wildman–Crippen LogP) is -1.40. The van der Waals surface area contributed by atoms with Crippen molar-refractivity contribution in [2.24, 2.45) is 7.05 Å². The molecule has 0 aromatic carbocycles. The second kappa shape index (κ2) is 5.69. The first-order valence-electron chi connectivity index (χ1n) is 4.55. The first-order chi connectivity index (χ1) is 6.77. The molecule has 80 valence electrons. The Morgan fingerprint density at radius 1 is 1.36 bits per heavy atom. The Labute approximate surface area is 82.8 Å². The Morgan fingerprint density at radius 3 is 2.43 bits per heavy atom. The van der Waals surface area contributed by atoms with E-state index in [4.69, 9.17) is 10.2 Å². The van der Waals surface area contributed by atoms with Crippen molar-refractivity contribution < 1.29 is 10.2 Å². The molecule has 2 N–H and O–H groups in total. The van der Waals surface area contributed by atoms with Gasteiger partial charge in [-0.25, -0.2) is 0 Å². The molecule has 0 aliphatic rings. The number of aryl methyl sites for hydroxylation is 1. The zero-order chi connectivity index (χ0) is 10.4. The van der Waals surface area contributed by atoms with E-state index in [0.29, 0.717) is 19.6 Å². The first-order valence-corrected chi connectivity index (χ1v) is 4.55. The predicted molar refractivity (Wildman–Crippen MR) is 50.5 cm³/mol. The molecule has 1 aromatic rings. The summed E-state index contributed by atoms with van der Waals surface area (Å²) in [5.74, 6) is 0.826. The molecular formula is C8H16N4O2. The highest BCUT2D eigenvalue weighted by Gasteiger charge is 2.08. The van der Waals surface area contributed by atoms with Crippen LogP contribution in [-0.4, -0.2) is 56.2 Å². The number of nitrogens with zero attached hydrogens (tertiary/aromatic N) is 4. The third-order valence-electron chi connectivity index (χ3n) is 2.00. The van der Waals surface area contributed by atoms with E-state index in [1.807, 2.05) is 16.5 Å². The van der Waals surface area contributed by atoms with Crippen LogP contribution < -0.4 is 0 Å². The molecule has 6 nitrogen and oxygen atoms in total. The Hall–Kier alpha value is -0.980. The Morgan fingerprint density at radius 2 is 2.00 bits per heavy atom. The summed E-state index contributed by atoms with van der Waals surface area (Å²) in [5, 5.41) is 25.3. The summed E-state index contributed by atoms with van der Waals surface area (Å²) in [4.78, 5) is 1.92. The third-order valence-corrected chi connectivity index (χ3v) is 2.00. The van der Waals surface area contributed by atoms with Crippen molar-refractivity contribution in [3.05, 3.63) is 12.2 Å². The van der Waals surface area contributed by atoms with Gasteiger partial charge in [-0.05, 0) is 0 Å². The second-order valence-electron chi connectivity index (χ2n) is 3.08. The normalized spacial score (nSPS) is 11.1. The van der Waals surface area contributed by atoms with Gasteiger partial charge in [0.1, 0.15) is 12.2 Å². The minimum absolute atomic E-state index is 0.0812. The monoisotopic (exact) mass is 200 g/mol. The van der Waals surface area contributed by atoms with Gasteiger partial charge in [0.25, 0.3) is 0 Å². The summed E-state index contributed by atoms with van der Waals surface area (Å²) < 4.78 is 1.82. The van der Waals surface area contributed by atoms with Crippen molar-refractivity contribution in [1.82, 2.24) is 19.7 Å². The summed E-state index contributed by atoms with van der Waals surface area (Å²) in [7, 11) is 1.87. The van der Waals surface area contributed by atoms with Gasteiger partial charge in [-0.15, -0.1) is 10.2 Å². The van der Waals surface area contributed by atoms with E-state index in [1.54, 1.807) is 6.33 Å². The zero-order valence-electron chi connectivity index (χ0n) is 8.30. The van der Waals surface area contributed by atoms with E-state index in [9.17, 15) is 0 Å². The molecule has 1 aromatic heterocycles. The Bertz CT molecular complexity index is 258. The molecule has 0 aliphatic heterocycles. The maximum atomic E-state index is 8.80. The van der Waals surface area contributed by atoms with Gasteiger partial charge in [-0.1, -0.05) is 0 Å². The van der Waals surface area contributed by atoms with Crippen LogP contribution in [0.1, 0.15) is 5.82 Å². The minimum atomic E-state index is 0.0812. The summed E-state index contributed by atoms with van der Waals surface area (Å²) in [5.41, 5.74) is 0. The average molecular weight is 200 g/mol. The van der Waals surface area contributed by atoms with Gasteiger partial charge in [0.15, 0.2) is 0 Å². The van der Waals surface area contributed by atoms with E-state index < -0.39 is 0 Å². The van der Waals surface area contributed by atoms with E-state index in [1.165, 1.54) is 0 Å². The molecule has 0 atom stereocenters. The molecule has 0 amide bonds. The number of hydrogen-bond acceptors (Lipinski definition) is 5. The molecule has 1 rings (SSSR count). The number of hydrogen-bond donors (Lipinski definition) is 2. The SMILES string of the molecule is Cn1cnnc1CN(CCO)CCO. The molecule has 0 radical (unpaired) electrons. The van der Waals surface area contributed by atoms with Gasteiger partial charge < -0.3 is 14.8 Å². The highest BCUT2D eigenvalue weighted by Crippen LogP contribution is 1.98. The van der Waals surface area contributed by atoms with Crippen molar-refractivity contribution in [3.63, 3.8) is 0 Å². The lowest BCUT2D eigenvalue weighted by molar-refractivity contribution is 0.152. The highest BCUT2D eigenvalue weighted by atomic mass is 16.3. The lowest BCUT2D eigenvalue weighted by Gasteiger charge is -2.18. The molecule has 14 heavy (non-hydrogen) atoms. The third kappa shape index (κ3) is 3.06. The molecule has 0 saturated carbocycles. The van der Waals surface area contributed by atoms with Crippen LogP contribution in [0.25, 0.3) is 0 Å². The Kier molecular flexibility index (Phi) is 4.51. The van der Waals surface area contributed by atoms with Crippen LogP contribution >= 0.6 is 0 Å². The molecular weight excluding hydrogens is 184 g/mol. The summed E-state index contributed by atoms with van der Waals surface area (Å²) in [6.07, 6.45) is 1.63. The first kappa shape index (κ1) is 11.1.